The van der Waals surface area contributed by atoms with Crippen LogP contribution in [-0.2, 0) is 4.74 Å². The van der Waals surface area contributed by atoms with Gasteiger partial charge in [0.15, 0.2) is 0 Å². The topological polar surface area (TPSA) is 35.2 Å². The Hall–Kier alpha value is -0.0800. The molecule has 2 heteroatoms. The smallest absolute Gasteiger partial charge is 0.0592 e. The zero-order valence-corrected chi connectivity index (χ0v) is 4.68. The molecule has 0 fully saturated rings. The van der Waals surface area contributed by atoms with Crippen molar-refractivity contribution in [3.63, 3.8) is 0 Å². The van der Waals surface area contributed by atoms with Crippen LogP contribution in [0.4, 0.5) is 0 Å². The quantitative estimate of drug-likeness (QED) is 0.552. The van der Waals surface area contributed by atoms with Gasteiger partial charge < -0.3 is 10.5 Å². The number of ether oxygens (including phenoxy) is 1. The summed E-state index contributed by atoms with van der Waals surface area (Å²) in [4.78, 5) is 0. The molecule has 7 heavy (non-hydrogen) atoms. The van der Waals surface area contributed by atoms with Crippen molar-refractivity contribution in [2.75, 3.05) is 13.2 Å². The molecule has 0 amide bonds. The maximum atomic E-state index is 5.12. The Bertz CT molecular complexity index is 37.1. The van der Waals surface area contributed by atoms with Gasteiger partial charge in [-0.25, -0.2) is 0 Å². The Morgan fingerprint density at radius 3 is 2.57 bits per heavy atom. The summed E-state index contributed by atoms with van der Waals surface area (Å²) >= 11 is 0. The Balaban J connectivity index is 2.68. The average Bonchev–Trinajstić information content (AvgIpc) is 1.61. The molecular formula is C5H12NO. The second kappa shape index (κ2) is 4.09. The molecule has 1 unspecified atom stereocenters. The van der Waals surface area contributed by atoms with E-state index in [4.69, 9.17) is 10.5 Å². The van der Waals surface area contributed by atoms with Gasteiger partial charge in [0.25, 0.3) is 0 Å². The maximum absolute atomic E-state index is 5.12. The van der Waals surface area contributed by atoms with E-state index in [-0.39, 0.29) is 6.10 Å². The fourth-order valence-electron chi connectivity index (χ4n) is 0.269. The highest BCUT2D eigenvalue weighted by molar-refractivity contribution is 4.48. The minimum absolute atomic E-state index is 0.0727. The normalized spacial score (nSPS) is 10.3. The zero-order valence-electron chi connectivity index (χ0n) is 4.68. The molecule has 0 aromatic carbocycles. The van der Waals surface area contributed by atoms with Crippen molar-refractivity contribution < 1.29 is 4.74 Å². The van der Waals surface area contributed by atoms with Crippen LogP contribution in [0.2, 0.25) is 0 Å². The average molecular weight is 102 g/mol. The van der Waals surface area contributed by atoms with Crippen LogP contribution >= 0.6 is 0 Å². The highest BCUT2D eigenvalue weighted by Gasteiger charge is 1.87. The molecule has 0 rings (SSSR count). The van der Waals surface area contributed by atoms with E-state index in [1.165, 1.54) is 0 Å². The Morgan fingerprint density at radius 1 is 1.86 bits per heavy atom. The summed E-state index contributed by atoms with van der Waals surface area (Å²) in [7, 11) is 0. The van der Waals surface area contributed by atoms with Gasteiger partial charge in [-0.2, -0.15) is 0 Å². The van der Waals surface area contributed by atoms with Crippen LogP contribution in [0.15, 0.2) is 0 Å². The maximum Gasteiger partial charge on any atom is 0.0592 e. The van der Waals surface area contributed by atoms with Crippen LogP contribution in [0.1, 0.15) is 6.92 Å². The molecule has 1 atom stereocenters. The van der Waals surface area contributed by atoms with Crippen molar-refractivity contribution in [1.29, 1.82) is 0 Å². The Morgan fingerprint density at radius 2 is 2.43 bits per heavy atom. The largest absolute Gasteiger partial charge is 0.377 e. The molecule has 2 nitrogen and oxygen atoms in total. The van der Waals surface area contributed by atoms with Crippen molar-refractivity contribution in [2.45, 2.75) is 13.0 Å². The molecule has 0 spiro atoms. The van der Waals surface area contributed by atoms with Gasteiger partial charge in [-0.15, -0.1) is 0 Å². The molecule has 0 aliphatic heterocycles. The van der Waals surface area contributed by atoms with E-state index < -0.39 is 0 Å². The first-order valence-electron chi connectivity index (χ1n) is 2.42. The van der Waals surface area contributed by atoms with Crippen molar-refractivity contribution >= 4 is 0 Å². The first-order chi connectivity index (χ1) is 3.27. The minimum Gasteiger partial charge on any atom is -0.377 e. The molecule has 0 aromatic heterocycles. The van der Waals surface area contributed by atoms with Crippen molar-refractivity contribution in [3.8, 4) is 0 Å². The number of rotatable bonds is 3. The lowest BCUT2D eigenvalue weighted by Gasteiger charge is -2.02. The Kier molecular flexibility index (Phi) is 4.04. The third-order valence-electron chi connectivity index (χ3n) is 0.520. The highest BCUT2D eigenvalue weighted by Crippen LogP contribution is 1.82. The van der Waals surface area contributed by atoms with Gasteiger partial charge in [-0.1, -0.05) is 0 Å². The van der Waals surface area contributed by atoms with Gasteiger partial charge in [-0.05, 0) is 13.8 Å². The van der Waals surface area contributed by atoms with Gasteiger partial charge in [0, 0.05) is 6.54 Å². The molecule has 0 aliphatic rings. The second-order valence-electron chi connectivity index (χ2n) is 1.47. The van der Waals surface area contributed by atoms with E-state index in [1.807, 2.05) is 6.92 Å². The van der Waals surface area contributed by atoms with Crippen LogP contribution < -0.4 is 5.73 Å². The molecule has 0 saturated carbocycles. The van der Waals surface area contributed by atoms with Crippen LogP contribution in [0, 0.1) is 6.92 Å². The van der Waals surface area contributed by atoms with Crippen LogP contribution in [-0.4, -0.2) is 19.3 Å². The number of hydrogen-bond acceptors (Lipinski definition) is 2. The fraction of sp³-hybridized carbons (Fsp3) is 0.800. The highest BCUT2D eigenvalue weighted by atomic mass is 16.5. The van der Waals surface area contributed by atoms with Gasteiger partial charge in [0.05, 0.1) is 12.7 Å². The molecule has 43 valence electrons. The summed E-state index contributed by atoms with van der Waals surface area (Å²) < 4.78 is 4.95. The summed E-state index contributed by atoms with van der Waals surface area (Å²) in [6, 6.07) is 0. The second-order valence-corrected chi connectivity index (χ2v) is 1.47. The molecule has 0 saturated heterocycles. The van der Waals surface area contributed by atoms with E-state index in [0.29, 0.717) is 13.2 Å². The minimum atomic E-state index is 0.0727. The predicted molar refractivity (Wildman–Crippen MR) is 29.8 cm³/mol. The lowest BCUT2D eigenvalue weighted by Crippen LogP contribution is -2.12. The van der Waals surface area contributed by atoms with Crippen LogP contribution in [0.3, 0.4) is 0 Å². The monoisotopic (exact) mass is 102 g/mol. The summed E-state index contributed by atoms with van der Waals surface area (Å²) in [5, 5.41) is 0. The summed E-state index contributed by atoms with van der Waals surface area (Å²) in [5.74, 6) is 0. The summed E-state index contributed by atoms with van der Waals surface area (Å²) in [6.07, 6.45) is 0.0727. The predicted octanol–water partition coefficient (Wildman–Crippen LogP) is 0.184. The molecule has 2 N–H and O–H groups in total. The first kappa shape index (κ1) is 6.92. The number of nitrogens with two attached hydrogens (primary N) is 1. The Labute approximate surface area is 44.7 Å². The fourth-order valence-corrected chi connectivity index (χ4v) is 0.269. The van der Waals surface area contributed by atoms with E-state index in [9.17, 15) is 0 Å². The van der Waals surface area contributed by atoms with Crippen molar-refractivity contribution in [3.05, 3.63) is 6.92 Å². The van der Waals surface area contributed by atoms with E-state index >= 15 is 0 Å². The van der Waals surface area contributed by atoms with E-state index in [2.05, 4.69) is 6.92 Å². The number of hydrogen-bond donors (Lipinski definition) is 1. The summed E-state index contributed by atoms with van der Waals surface area (Å²) in [6.45, 7) is 6.68. The zero-order chi connectivity index (χ0) is 5.70. The van der Waals surface area contributed by atoms with Gasteiger partial charge in [0.1, 0.15) is 0 Å². The van der Waals surface area contributed by atoms with Crippen molar-refractivity contribution in [2.24, 2.45) is 5.73 Å². The van der Waals surface area contributed by atoms with Crippen LogP contribution in [0.25, 0.3) is 0 Å². The first-order valence-corrected chi connectivity index (χ1v) is 2.42. The lowest BCUT2D eigenvalue weighted by atomic mass is 10.5. The molecule has 0 aliphatic carbocycles. The third kappa shape index (κ3) is 5.92. The molecular weight excluding hydrogens is 90.1 g/mol. The molecule has 0 heterocycles. The molecule has 0 aromatic rings. The molecule has 0 bridgehead atoms. The third-order valence-corrected chi connectivity index (χ3v) is 0.520. The van der Waals surface area contributed by atoms with Crippen LogP contribution in [0.5, 0.6) is 0 Å². The summed E-state index contributed by atoms with van der Waals surface area (Å²) in [5.41, 5.74) is 5.12. The van der Waals surface area contributed by atoms with Crippen molar-refractivity contribution in [1.82, 2.24) is 0 Å². The van der Waals surface area contributed by atoms with E-state index in [0.717, 1.165) is 0 Å². The standard InChI is InChI=1S/C5H12NO/c1-5(2)7-4-3-6/h5H,1,3-4,6H2,2H3. The van der Waals surface area contributed by atoms with Gasteiger partial charge >= 0.3 is 0 Å². The van der Waals surface area contributed by atoms with Gasteiger partial charge in [-0.3, -0.25) is 0 Å². The van der Waals surface area contributed by atoms with E-state index in [1.54, 1.807) is 0 Å². The molecule has 1 radical (unpaired) electrons. The van der Waals surface area contributed by atoms with Gasteiger partial charge in [0.2, 0.25) is 0 Å². The lowest BCUT2D eigenvalue weighted by molar-refractivity contribution is 0.102. The SMILES string of the molecule is [CH2]C(C)OCCN.